The second kappa shape index (κ2) is 29.6. The Hall–Kier alpha value is -6.48. The van der Waals surface area contributed by atoms with Gasteiger partial charge >= 0.3 is 0 Å². The topological polar surface area (TPSA) is 299 Å². The Labute approximate surface area is 545 Å². The fraction of sp³-hybridized carbons (Fsp3) is 0.404. The fourth-order valence-corrected chi connectivity index (χ4v) is 11.6. The van der Waals surface area contributed by atoms with Crippen LogP contribution in [-0.2, 0) is 28.5 Å². The van der Waals surface area contributed by atoms with E-state index in [2.05, 4.69) is 51.4 Å². The number of rotatable bonds is 24. The number of nitrogens with one attached hydrogen (secondary N) is 2. The molecule has 0 saturated carbocycles. The van der Waals surface area contributed by atoms with Gasteiger partial charge in [-0.2, -0.15) is 10.2 Å². The van der Waals surface area contributed by atoms with Crippen LogP contribution in [-0.4, -0.2) is 168 Å². The number of aliphatic hydroxyl groups excluding tert-OH is 4. The Bertz CT molecular complexity index is 3630. The van der Waals surface area contributed by atoms with Gasteiger partial charge in [0.2, 0.25) is 11.8 Å². The maximum Gasteiger partial charge on any atom is 0.246 e. The van der Waals surface area contributed by atoms with Gasteiger partial charge in [0.25, 0.3) is 0 Å². The largest absolute Gasteiger partial charge is 0.394 e. The third-order valence-corrected chi connectivity index (χ3v) is 16.8. The number of unbranched alkanes of at least 4 members (excludes halogenated alkanes) is 4. The monoisotopic (exact) mass is 1380 g/mol. The van der Waals surface area contributed by atoms with Crippen LogP contribution in [0.2, 0.25) is 30.1 Å². The van der Waals surface area contributed by atoms with Crippen LogP contribution in [0.1, 0.15) is 79.7 Å². The quantitative estimate of drug-likeness (QED) is 0.0189. The van der Waals surface area contributed by atoms with Crippen molar-refractivity contribution in [3.63, 3.8) is 0 Å². The zero-order chi connectivity index (χ0) is 64.9. The van der Waals surface area contributed by atoms with Crippen molar-refractivity contribution in [3.8, 4) is 33.9 Å². The van der Waals surface area contributed by atoms with Gasteiger partial charge in [-0.25, -0.2) is 46.3 Å². The van der Waals surface area contributed by atoms with E-state index in [1.54, 1.807) is 38.1 Å². The number of ether oxygens (including phenoxy) is 4. The van der Waals surface area contributed by atoms with E-state index < -0.39 is 132 Å². The Morgan fingerprint density at radius 1 is 0.571 bits per heavy atom. The molecule has 484 valence electrons. The number of halogens is 10. The first-order valence-corrected chi connectivity index (χ1v) is 30.5. The van der Waals surface area contributed by atoms with E-state index in [0.29, 0.717) is 53.5 Å². The van der Waals surface area contributed by atoms with Gasteiger partial charge in [-0.1, -0.05) is 99.3 Å². The van der Waals surface area contributed by atoms with Gasteiger partial charge in [-0.3, -0.25) is 9.59 Å². The molecule has 2 fully saturated rings. The van der Waals surface area contributed by atoms with Gasteiger partial charge < -0.3 is 50.0 Å². The molecule has 2 amide bonds. The molecule has 0 unspecified atom stereocenters. The van der Waals surface area contributed by atoms with E-state index in [4.69, 9.17) is 88.6 Å². The molecule has 10 rings (SSSR count). The first kappa shape index (κ1) is 67.4. The number of aromatic nitrogens is 12. The number of aliphatic hydroxyl groups is 4. The molecular weight excluding hydrogens is 1330 g/mol. The molecule has 6 N–H and O–H groups in total. The van der Waals surface area contributed by atoms with Crippen LogP contribution in [0.15, 0.2) is 73.1 Å². The summed E-state index contributed by atoms with van der Waals surface area (Å²) in [4.78, 5) is 36.3. The Morgan fingerprint density at radius 3 is 1.32 bits per heavy atom. The molecule has 0 spiro atoms. The highest BCUT2D eigenvalue weighted by Gasteiger charge is 2.52. The van der Waals surface area contributed by atoms with E-state index in [1.807, 2.05) is 0 Å². The van der Waals surface area contributed by atoms with E-state index in [9.17, 15) is 47.6 Å². The molecule has 0 radical (unpaired) electrons. The Morgan fingerprint density at radius 2 is 0.945 bits per heavy atom. The number of nitrogens with zero attached hydrogens (tertiary/aromatic N) is 12. The summed E-state index contributed by atoms with van der Waals surface area (Å²) in [7, 11) is 0. The third kappa shape index (κ3) is 15.1. The number of carbonyl (C=O) groups excluding carboxylic acids is 2. The van der Waals surface area contributed by atoms with Crippen molar-refractivity contribution in [2.24, 2.45) is 0 Å². The van der Waals surface area contributed by atoms with Crippen LogP contribution in [0.5, 0.6) is 0 Å². The maximum atomic E-state index is 14.6. The van der Waals surface area contributed by atoms with Gasteiger partial charge in [0.05, 0.1) is 47.0 Å². The SMILES string of the molecule is Cc1nc([C@H]2O[C@@H](CO)[C@@H](O)[C@@H](n3cc(-c4cc(F)c(Cl)c(F)c4)nn3)[C@@H]2OCC(=O)NCCCCCCCNC(=O)CO[C@@H]2[C@@H](n3cc(-c4cc(F)c(Cl)c(F)c4)nn3)[C@@H](O)[C@@H](CO)O[C@H]2c2nc(C)nn2-c2cc(Cl)ccc2Cl)n(-c2cc(Cl)ccc2Cl)n1. The number of carbonyl (C=O) groups is 2. The van der Waals surface area contributed by atoms with Crippen LogP contribution in [0.3, 0.4) is 0 Å². The van der Waals surface area contributed by atoms with Crippen molar-refractivity contribution in [2.75, 3.05) is 39.5 Å². The summed E-state index contributed by atoms with van der Waals surface area (Å²) in [6.45, 7) is 1.08. The summed E-state index contributed by atoms with van der Waals surface area (Å²) < 4.78 is 88.7. The predicted molar refractivity (Wildman–Crippen MR) is 321 cm³/mol. The molecule has 4 aromatic heterocycles. The van der Waals surface area contributed by atoms with Gasteiger partial charge in [-0.15, -0.1) is 10.2 Å². The average molecular weight is 1390 g/mol. The Kier molecular flexibility index (Phi) is 22.0. The first-order chi connectivity index (χ1) is 43.6. The van der Waals surface area contributed by atoms with Crippen LogP contribution < -0.4 is 10.6 Å². The highest BCUT2D eigenvalue weighted by atomic mass is 35.5. The predicted octanol–water partition coefficient (Wildman–Crippen LogP) is 8.18. The molecular formula is C57H56Cl6F4N14O10. The lowest BCUT2D eigenvalue weighted by Crippen LogP contribution is -2.54. The Balaban J connectivity index is 0.763. The summed E-state index contributed by atoms with van der Waals surface area (Å²) in [6.07, 6.45) is -5.34. The second-order valence-electron chi connectivity index (χ2n) is 21.3. The van der Waals surface area contributed by atoms with Gasteiger partial charge in [0.15, 0.2) is 11.6 Å². The highest BCUT2D eigenvalue weighted by Crippen LogP contribution is 2.44. The van der Waals surface area contributed by atoms with Gasteiger partial charge in [-0.05, 0) is 87.4 Å². The van der Waals surface area contributed by atoms with E-state index in [1.165, 1.54) is 43.3 Å². The molecule has 2 aliphatic rings. The van der Waals surface area contributed by atoms with E-state index in [-0.39, 0.29) is 68.9 Å². The van der Waals surface area contributed by atoms with Crippen LogP contribution in [0, 0.1) is 37.1 Å². The summed E-state index contributed by atoms with van der Waals surface area (Å²) >= 11 is 37.5. The van der Waals surface area contributed by atoms with E-state index >= 15 is 0 Å². The summed E-state index contributed by atoms with van der Waals surface area (Å²) in [5.74, 6) is -4.64. The number of aryl methyl sites for hydroxylation is 2. The third-order valence-electron chi connectivity index (χ3n) is 15.0. The molecule has 10 atom stereocenters. The molecule has 0 aliphatic carbocycles. The molecule has 2 saturated heterocycles. The molecule has 24 nitrogen and oxygen atoms in total. The number of benzene rings is 4. The lowest BCUT2D eigenvalue weighted by Gasteiger charge is -2.43. The molecule has 34 heteroatoms. The first-order valence-electron chi connectivity index (χ1n) is 28.2. The molecule has 6 heterocycles. The van der Waals surface area contributed by atoms with Crippen LogP contribution in [0.25, 0.3) is 33.9 Å². The fourth-order valence-electron chi connectivity index (χ4n) is 10.7. The van der Waals surface area contributed by atoms with Crippen molar-refractivity contribution in [1.82, 2.24) is 70.2 Å². The average Bonchev–Trinajstić information content (AvgIpc) is 1.71. The number of amides is 2. The van der Waals surface area contributed by atoms with Crippen LogP contribution >= 0.6 is 69.6 Å². The molecule has 2 aliphatic heterocycles. The highest BCUT2D eigenvalue weighted by molar-refractivity contribution is 6.35. The van der Waals surface area contributed by atoms with Crippen molar-refractivity contribution < 1.29 is 66.5 Å². The van der Waals surface area contributed by atoms with E-state index in [0.717, 1.165) is 24.3 Å². The lowest BCUT2D eigenvalue weighted by molar-refractivity contribution is -0.223. The summed E-state index contributed by atoms with van der Waals surface area (Å²) in [5.41, 5.74) is 0.481. The minimum Gasteiger partial charge on any atom is -0.394 e. The standard InChI is InChI=1S/C57H56Cl6F4N14O10/c1-26-70-56(80(74-26)40-18-30(58)8-10-32(40)60)54-52(48(50(86)42(22-82)90-54)78-20-38(72-76-78)28-14-34(64)46(62)35(65)15-28)88-24-44(84)68-12-6-4-3-5-7-13-69-45(85)25-89-53-49(79-21-39(73-77-79)29-16-36(66)47(63)37(67)17-29)51(87)43(23-83)91-55(53)57-71-27(2)75-81(57)41-19-31(59)9-11-33(41)61/h8-11,14-21,42-43,48-55,82-83,86-87H,3-7,12-13,22-25H2,1-2H3,(H,68,84)(H,69,85)/t42-,43+,48+,49-,50+,51-,52-,53+,54-,55+. The molecule has 91 heavy (non-hydrogen) atoms. The normalized spacial score (nSPS) is 21.8. The minimum absolute atomic E-state index is 0.0208. The molecule has 4 aromatic carbocycles. The zero-order valence-corrected chi connectivity index (χ0v) is 52.4. The number of hydrogen-bond donors (Lipinski definition) is 6. The molecule has 0 bridgehead atoms. The second-order valence-corrected chi connectivity index (χ2v) is 23.7. The maximum absolute atomic E-state index is 14.6. The van der Waals surface area contributed by atoms with Crippen molar-refractivity contribution in [1.29, 1.82) is 0 Å². The van der Waals surface area contributed by atoms with Crippen molar-refractivity contribution in [3.05, 3.63) is 150 Å². The van der Waals surface area contributed by atoms with Crippen molar-refractivity contribution in [2.45, 2.75) is 107 Å². The lowest BCUT2D eigenvalue weighted by atomic mass is 9.91. The van der Waals surface area contributed by atoms with Crippen LogP contribution in [0.4, 0.5) is 17.6 Å². The summed E-state index contributed by atoms with van der Waals surface area (Å²) in [6, 6.07) is 10.6. The summed E-state index contributed by atoms with van der Waals surface area (Å²) in [5, 5.41) is 75.5. The smallest absolute Gasteiger partial charge is 0.246 e. The minimum atomic E-state index is -1.58. The molecule has 8 aromatic rings. The van der Waals surface area contributed by atoms with Gasteiger partial charge in [0.1, 0.15) is 130 Å². The number of hydrogen-bond acceptors (Lipinski definition) is 18. The van der Waals surface area contributed by atoms with Gasteiger partial charge in [0, 0.05) is 34.3 Å². The van der Waals surface area contributed by atoms with Crippen molar-refractivity contribution >= 4 is 81.4 Å². The zero-order valence-electron chi connectivity index (χ0n) is 47.9.